The first-order valence-electron chi connectivity index (χ1n) is 6.52. The molecular formula is C15H22N2O. The van der Waals surface area contributed by atoms with Crippen molar-refractivity contribution < 1.29 is 4.79 Å². The Kier molecular flexibility index (Phi) is 3.44. The van der Waals surface area contributed by atoms with Gasteiger partial charge in [-0.25, -0.2) is 0 Å². The lowest BCUT2D eigenvalue weighted by molar-refractivity contribution is 0.0704. The zero-order valence-electron chi connectivity index (χ0n) is 11.4. The van der Waals surface area contributed by atoms with Crippen molar-refractivity contribution in [2.45, 2.75) is 33.2 Å². The number of fused-ring (bicyclic) bond motifs is 1. The third-order valence-electron chi connectivity index (χ3n) is 3.72. The summed E-state index contributed by atoms with van der Waals surface area (Å²) in [7, 11) is 0. The van der Waals surface area contributed by atoms with Gasteiger partial charge in [-0.3, -0.25) is 4.79 Å². The summed E-state index contributed by atoms with van der Waals surface area (Å²) >= 11 is 0. The van der Waals surface area contributed by atoms with Gasteiger partial charge < -0.3 is 10.6 Å². The van der Waals surface area contributed by atoms with Gasteiger partial charge in [0.1, 0.15) is 0 Å². The highest BCUT2D eigenvalue weighted by Gasteiger charge is 2.29. The highest BCUT2D eigenvalue weighted by Crippen LogP contribution is 2.22. The Morgan fingerprint density at radius 2 is 2.00 bits per heavy atom. The number of amides is 1. The van der Waals surface area contributed by atoms with Crippen molar-refractivity contribution in [3.05, 3.63) is 35.4 Å². The van der Waals surface area contributed by atoms with Crippen LogP contribution in [0.15, 0.2) is 24.3 Å². The first-order chi connectivity index (χ1) is 8.39. The first-order valence-corrected chi connectivity index (χ1v) is 6.52. The van der Waals surface area contributed by atoms with E-state index in [-0.39, 0.29) is 17.4 Å². The molecule has 3 heteroatoms. The monoisotopic (exact) mass is 246 g/mol. The Bertz CT molecular complexity index is 448. The van der Waals surface area contributed by atoms with E-state index in [2.05, 4.69) is 20.8 Å². The van der Waals surface area contributed by atoms with E-state index < -0.39 is 0 Å². The predicted octanol–water partition coefficient (Wildman–Crippen LogP) is 2.06. The number of hydrogen-bond acceptors (Lipinski definition) is 2. The summed E-state index contributed by atoms with van der Waals surface area (Å²) in [5, 5.41) is 0. The molecule has 2 rings (SSSR count). The molecule has 0 radical (unpaired) electrons. The molecule has 0 saturated carbocycles. The number of benzene rings is 1. The topological polar surface area (TPSA) is 46.3 Å². The van der Waals surface area contributed by atoms with E-state index in [0.29, 0.717) is 6.54 Å². The lowest BCUT2D eigenvalue weighted by Crippen LogP contribution is -2.49. The van der Waals surface area contributed by atoms with Crippen LogP contribution in [0.1, 0.15) is 36.7 Å². The molecule has 1 aliphatic rings. The second-order valence-electron chi connectivity index (χ2n) is 6.13. The molecule has 0 aromatic heterocycles. The van der Waals surface area contributed by atoms with Gasteiger partial charge in [-0.05, 0) is 23.5 Å². The van der Waals surface area contributed by atoms with E-state index in [4.69, 9.17) is 5.73 Å². The normalized spacial score (nSPS) is 17.6. The van der Waals surface area contributed by atoms with Crippen molar-refractivity contribution in [2.24, 2.45) is 11.1 Å². The molecule has 1 aromatic carbocycles. The van der Waals surface area contributed by atoms with Gasteiger partial charge in [0.25, 0.3) is 5.91 Å². The molecular weight excluding hydrogens is 224 g/mol. The summed E-state index contributed by atoms with van der Waals surface area (Å²) in [6.07, 6.45) is 0.929. The van der Waals surface area contributed by atoms with Gasteiger partial charge in [-0.1, -0.05) is 39.0 Å². The molecule has 0 saturated heterocycles. The Hall–Kier alpha value is -1.35. The Labute approximate surface area is 109 Å². The molecule has 0 fully saturated rings. The molecule has 1 unspecified atom stereocenters. The van der Waals surface area contributed by atoms with Gasteiger partial charge in [0.15, 0.2) is 0 Å². The van der Waals surface area contributed by atoms with E-state index >= 15 is 0 Å². The number of carbonyl (C=O) groups excluding carboxylic acids is 1. The average Bonchev–Trinajstić information content (AvgIpc) is 2.32. The number of carbonyl (C=O) groups is 1. The standard InChI is InChI=1S/C15H22N2O/c1-15(2,3)13(16)10-17-9-8-11-6-4-5-7-12(11)14(17)18/h4-7,13H,8-10,16H2,1-3H3. The fraction of sp³-hybridized carbons (Fsp3) is 0.533. The van der Waals surface area contributed by atoms with E-state index in [9.17, 15) is 4.79 Å². The smallest absolute Gasteiger partial charge is 0.254 e. The fourth-order valence-corrected chi connectivity index (χ4v) is 2.16. The summed E-state index contributed by atoms with van der Waals surface area (Å²) in [6, 6.07) is 7.86. The summed E-state index contributed by atoms with van der Waals surface area (Å²) in [6.45, 7) is 7.75. The maximum Gasteiger partial charge on any atom is 0.254 e. The van der Waals surface area contributed by atoms with Crippen molar-refractivity contribution in [1.29, 1.82) is 0 Å². The van der Waals surface area contributed by atoms with Crippen LogP contribution in [0, 0.1) is 5.41 Å². The van der Waals surface area contributed by atoms with Crippen molar-refractivity contribution >= 4 is 5.91 Å². The van der Waals surface area contributed by atoms with Gasteiger partial charge in [-0.15, -0.1) is 0 Å². The van der Waals surface area contributed by atoms with Gasteiger partial charge >= 0.3 is 0 Å². The maximum absolute atomic E-state index is 12.3. The largest absolute Gasteiger partial charge is 0.337 e. The summed E-state index contributed by atoms with van der Waals surface area (Å²) in [4.78, 5) is 14.2. The number of rotatable bonds is 2. The zero-order valence-corrected chi connectivity index (χ0v) is 11.4. The first kappa shape index (κ1) is 13.1. The third kappa shape index (κ3) is 2.56. The van der Waals surface area contributed by atoms with Crippen molar-refractivity contribution in [1.82, 2.24) is 4.90 Å². The SMILES string of the molecule is CC(C)(C)C(N)CN1CCc2ccccc2C1=O. The fourth-order valence-electron chi connectivity index (χ4n) is 2.16. The molecule has 3 nitrogen and oxygen atoms in total. The average molecular weight is 246 g/mol. The summed E-state index contributed by atoms with van der Waals surface area (Å²) < 4.78 is 0. The van der Waals surface area contributed by atoms with E-state index in [1.807, 2.05) is 29.2 Å². The summed E-state index contributed by atoms with van der Waals surface area (Å²) in [5.41, 5.74) is 8.19. The van der Waals surface area contributed by atoms with Crippen LogP contribution in [0.5, 0.6) is 0 Å². The number of nitrogens with zero attached hydrogens (tertiary/aromatic N) is 1. The Morgan fingerprint density at radius 3 is 2.67 bits per heavy atom. The molecule has 1 atom stereocenters. The lowest BCUT2D eigenvalue weighted by atomic mass is 9.86. The molecule has 0 aliphatic carbocycles. The number of hydrogen-bond donors (Lipinski definition) is 1. The molecule has 0 bridgehead atoms. The van der Waals surface area contributed by atoms with Crippen LogP contribution in [0.25, 0.3) is 0 Å². The van der Waals surface area contributed by atoms with Crippen LogP contribution in [0.4, 0.5) is 0 Å². The zero-order chi connectivity index (χ0) is 13.3. The van der Waals surface area contributed by atoms with Crippen LogP contribution < -0.4 is 5.73 Å². The van der Waals surface area contributed by atoms with E-state index in [1.54, 1.807) is 0 Å². The van der Waals surface area contributed by atoms with Crippen molar-refractivity contribution in [2.75, 3.05) is 13.1 Å². The van der Waals surface area contributed by atoms with Crippen LogP contribution in [-0.4, -0.2) is 29.9 Å². The van der Waals surface area contributed by atoms with E-state index in [0.717, 1.165) is 24.1 Å². The molecule has 1 heterocycles. The second-order valence-corrected chi connectivity index (χ2v) is 6.13. The Morgan fingerprint density at radius 1 is 1.33 bits per heavy atom. The quantitative estimate of drug-likeness (QED) is 0.868. The second kappa shape index (κ2) is 4.73. The van der Waals surface area contributed by atoms with Crippen LogP contribution in [-0.2, 0) is 6.42 Å². The van der Waals surface area contributed by atoms with Crippen LogP contribution in [0.3, 0.4) is 0 Å². The molecule has 1 amide bonds. The minimum atomic E-state index is 0.00622. The lowest BCUT2D eigenvalue weighted by Gasteiger charge is -2.35. The molecule has 18 heavy (non-hydrogen) atoms. The highest BCUT2D eigenvalue weighted by atomic mass is 16.2. The van der Waals surface area contributed by atoms with Crippen molar-refractivity contribution in [3.63, 3.8) is 0 Å². The van der Waals surface area contributed by atoms with Crippen LogP contribution >= 0.6 is 0 Å². The highest BCUT2D eigenvalue weighted by molar-refractivity contribution is 5.96. The minimum absolute atomic E-state index is 0.00622. The minimum Gasteiger partial charge on any atom is -0.337 e. The third-order valence-corrected chi connectivity index (χ3v) is 3.72. The van der Waals surface area contributed by atoms with Gasteiger partial charge in [0, 0.05) is 24.7 Å². The van der Waals surface area contributed by atoms with Gasteiger partial charge in [-0.2, -0.15) is 0 Å². The maximum atomic E-state index is 12.3. The molecule has 1 aromatic rings. The molecule has 2 N–H and O–H groups in total. The molecule has 1 aliphatic heterocycles. The number of nitrogens with two attached hydrogens (primary N) is 1. The van der Waals surface area contributed by atoms with E-state index in [1.165, 1.54) is 0 Å². The van der Waals surface area contributed by atoms with Gasteiger partial charge in [0.05, 0.1) is 0 Å². The Balaban J connectivity index is 2.13. The molecule has 98 valence electrons. The molecule has 0 spiro atoms. The van der Waals surface area contributed by atoms with Crippen LogP contribution in [0.2, 0.25) is 0 Å². The van der Waals surface area contributed by atoms with Crippen molar-refractivity contribution in [3.8, 4) is 0 Å². The summed E-state index contributed by atoms with van der Waals surface area (Å²) in [5.74, 6) is 0.122. The van der Waals surface area contributed by atoms with Gasteiger partial charge in [0.2, 0.25) is 0 Å². The predicted molar refractivity (Wildman–Crippen MR) is 73.5 cm³/mol.